The standard InChI is InChI=1S/C20H19FN2O/c21-20-7-2-1-5-18(20)15-24-19-6-3-4-17(12-19)14-23-13-16-8-10-22-11-9-16/h1-12,23H,13-15H2. The van der Waals surface area contributed by atoms with Crippen LogP contribution in [-0.4, -0.2) is 4.98 Å². The maximum atomic E-state index is 13.6. The van der Waals surface area contributed by atoms with Crippen molar-refractivity contribution >= 4 is 0 Å². The molecule has 4 heteroatoms. The van der Waals surface area contributed by atoms with Crippen molar-refractivity contribution in [3.05, 3.63) is 95.6 Å². The van der Waals surface area contributed by atoms with Gasteiger partial charge in [0.2, 0.25) is 0 Å². The van der Waals surface area contributed by atoms with Crippen LogP contribution in [0.25, 0.3) is 0 Å². The third-order valence-corrected chi connectivity index (χ3v) is 3.66. The first kappa shape index (κ1) is 16.1. The molecule has 0 saturated heterocycles. The molecule has 1 aromatic heterocycles. The molecule has 0 saturated carbocycles. The lowest BCUT2D eigenvalue weighted by Gasteiger charge is -2.09. The van der Waals surface area contributed by atoms with Gasteiger partial charge in [-0.05, 0) is 41.5 Å². The Hall–Kier alpha value is -2.72. The zero-order valence-electron chi connectivity index (χ0n) is 13.3. The van der Waals surface area contributed by atoms with E-state index in [0.29, 0.717) is 5.56 Å². The van der Waals surface area contributed by atoms with Crippen LogP contribution in [0.15, 0.2) is 73.1 Å². The van der Waals surface area contributed by atoms with E-state index in [4.69, 9.17) is 4.74 Å². The van der Waals surface area contributed by atoms with E-state index >= 15 is 0 Å². The van der Waals surface area contributed by atoms with Crippen molar-refractivity contribution in [2.24, 2.45) is 0 Å². The van der Waals surface area contributed by atoms with Crippen molar-refractivity contribution in [2.45, 2.75) is 19.7 Å². The molecule has 2 aromatic carbocycles. The van der Waals surface area contributed by atoms with Gasteiger partial charge in [0, 0.05) is 31.0 Å². The highest BCUT2D eigenvalue weighted by Gasteiger charge is 2.02. The Kier molecular flexibility index (Phi) is 5.53. The molecular weight excluding hydrogens is 303 g/mol. The predicted octanol–water partition coefficient (Wildman–Crippen LogP) is 4.09. The van der Waals surface area contributed by atoms with Gasteiger partial charge in [0.25, 0.3) is 0 Å². The second kappa shape index (κ2) is 8.22. The number of nitrogens with one attached hydrogen (secondary N) is 1. The fraction of sp³-hybridized carbons (Fsp3) is 0.150. The number of ether oxygens (including phenoxy) is 1. The van der Waals surface area contributed by atoms with Gasteiger partial charge in [0.05, 0.1) is 0 Å². The number of aromatic nitrogens is 1. The Morgan fingerprint density at radius 2 is 1.67 bits per heavy atom. The molecule has 1 N–H and O–H groups in total. The molecule has 3 rings (SSSR count). The zero-order chi connectivity index (χ0) is 16.6. The van der Waals surface area contributed by atoms with E-state index in [2.05, 4.69) is 10.3 Å². The van der Waals surface area contributed by atoms with Gasteiger partial charge in [0.15, 0.2) is 0 Å². The average Bonchev–Trinajstić information content (AvgIpc) is 2.62. The maximum absolute atomic E-state index is 13.6. The highest BCUT2D eigenvalue weighted by atomic mass is 19.1. The summed E-state index contributed by atoms with van der Waals surface area (Å²) in [7, 11) is 0. The summed E-state index contributed by atoms with van der Waals surface area (Å²) >= 11 is 0. The van der Waals surface area contributed by atoms with Crippen molar-refractivity contribution in [2.75, 3.05) is 0 Å². The lowest BCUT2D eigenvalue weighted by atomic mass is 10.2. The largest absolute Gasteiger partial charge is 0.489 e. The number of hydrogen-bond donors (Lipinski definition) is 1. The van der Waals surface area contributed by atoms with E-state index in [9.17, 15) is 4.39 Å². The molecule has 0 atom stereocenters. The predicted molar refractivity (Wildman–Crippen MR) is 92.0 cm³/mol. The number of pyridine rings is 1. The molecule has 0 aliphatic carbocycles. The van der Waals surface area contributed by atoms with Crippen LogP contribution in [0.5, 0.6) is 5.75 Å². The molecule has 0 bridgehead atoms. The highest BCUT2D eigenvalue weighted by molar-refractivity contribution is 5.29. The van der Waals surface area contributed by atoms with Crippen LogP contribution in [-0.2, 0) is 19.7 Å². The fourth-order valence-electron chi connectivity index (χ4n) is 2.37. The van der Waals surface area contributed by atoms with Gasteiger partial charge in [-0.3, -0.25) is 4.98 Å². The zero-order valence-corrected chi connectivity index (χ0v) is 13.3. The third-order valence-electron chi connectivity index (χ3n) is 3.66. The van der Waals surface area contributed by atoms with Gasteiger partial charge in [0.1, 0.15) is 18.2 Å². The minimum absolute atomic E-state index is 0.223. The van der Waals surface area contributed by atoms with Gasteiger partial charge >= 0.3 is 0 Å². The first-order chi connectivity index (χ1) is 11.8. The number of halogens is 1. The van der Waals surface area contributed by atoms with Crippen LogP contribution in [0.3, 0.4) is 0 Å². The van der Waals surface area contributed by atoms with Gasteiger partial charge in [-0.1, -0.05) is 30.3 Å². The average molecular weight is 322 g/mol. The molecule has 3 nitrogen and oxygen atoms in total. The van der Waals surface area contributed by atoms with Crippen LogP contribution < -0.4 is 10.1 Å². The summed E-state index contributed by atoms with van der Waals surface area (Å²) in [5, 5.41) is 3.38. The van der Waals surface area contributed by atoms with E-state index < -0.39 is 0 Å². The number of nitrogens with zero attached hydrogens (tertiary/aromatic N) is 1. The van der Waals surface area contributed by atoms with Crippen molar-refractivity contribution in [1.29, 1.82) is 0 Å². The fourth-order valence-corrected chi connectivity index (χ4v) is 2.37. The van der Waals surface area contributed by atoms with Gasteiger partial charge in [-0.25, -0.2) is 4.39 Å². The van der Waals surface area contributed by atoms with Gasteiger partial charge in [-0.2, -0.15) is 0 Å². The van der Waals surface area contributed by atoms with E-state index in [1.807, 2.05) is 36.4 Å². The Bertz CT molecular complexity index is 777. The molecule has 122 valence electrons. The van der Waals surface area contributed by atoms with Crippen molar-refractivity contribution < 1.29 is 9.13 Å². The SMILES string of the molecule is Fc1ccccc1COc1cccc(CNCc2ccncc2)c1. The topological polar surface area (TPSA) is 34.1 Å². The highest BCUT2D eigenvalue weighted by Crippen LogP contribution is 2.16. The first-order valence-electron chi connectivity index (χ1n) is 7.86. The number of hydrogen-bond acceptors (Lipinski definition) is 3. The molecule has 0 amide bonds. The Labute approximate surface area is 141 Å². The molecule has 0 unspecified atom stereocenters. The van der Waals surface area contributed by atoms with Crippen molar-refractivity contribution in [3.8, 4) is 5.75 Å². The summed E-state index contributed by atoms with van der Waals surface area (Å²) in [5.41, 5.74) is 2.87. The lowest BCUT2D eigenvalue weighted by molar-refractivity contribution is 0.299. The van der Waals surface area contributed by atoms with Crippen molar-refractivity contribution in [3.63, 3.8) is 0 Å². The monoisotopic (exact) mass is 322 g/mol. The number of rotatable bonds is 7. The molecule has 0 aliphatic rings. The van der Waals surface area contributed by atoms with E-state index in [-0.39, 0.29) is 12.4 Å². The Morgan fingerprint density at radius 1 is 0.875 bits per heavy atom. The minimum Gasteiger partial charge on any atom is -0.489 e. The minimum atomic E-state index is -0.243. The third kappa shape index (κ3) is 4.64. The molecule has 0 fully saturated rings. The van der Waals surface area contributed by atoms with Crippen LogP contribution >= 0.6 is 0 Å². The van der Waals surface area contributed by atoms with E-state index in [1.54, 1.807) is 30.6 Å². The molecule has 0 aliphatic heterocycles. The quantitative estimate of drug-likeness (QED) is 0.711. The molecule has 0 spiro atoms. The summed E-state index contributed by atoms with van der Waals surface area (Å²) in [4.78, 5) is 4.00. The smallest absolute Gasteiger partial charge is 0.129 e. The summed E-state index contributed by atoms with van der Waals surface area (Å²) in [5.74, 6) is 0.495. The molecule has 0 radical (unpaired) electrons. The van der Waals surface area contributed by atoms with E-state index in [1.165, 1.54) is 11.6 Å². The maximum Gasteiger partial charge on any atom is 0.129 e. The number of benzene rings is 2. The summed E-state index contributed by atoms with van der Waals surface area (Å²) < 4.78 is 19.3. The first-order valence-corrected chi connectivity index (χ1v) is 7.86. The Morgan fingerprint density at radius 3 is 2.50 bits per heavy atom. The van der Waals surface area contributed by atoms with Crippen molar-refractivity contribution in [1.82, 2.24) is 10.3 Å². The summed E-state index contributed by atoms with van der Waals surface area (Å²) in [6.07, 6.45) is 3.57. The van der Waals surface area contributed by atoms with Crippen LogP contribution in [0.2, 0.25) is 0 Å². The van der Waals surface area contributed by atoms with Crippen LogP contribution in [0.4, 0.5) is 4.39 Å². The van der Waals surface area contributed by atoms with Crippen LogP contribution in [0, 0.1) is 5.82 Å². The lowest BCUT2D eigenvalue weighted by Crippen LogP contribution is -2.12. The summed E-state index contributed by atoms with van der Waals surface area (Å²) in [6, 6.07) is 18.5. The molecule has 3 aromatic rings. The Balaban J connectivity index is 1.53. The summed E-state index contributed by atoms with van der Waals surface area (Å²) in [6.45, 7) is 1.74. The van der Waals surface area contributed by atoms with E-state index in [0.717, 1.165) is 24.4 Å². The second-order valence-electron chi connectivity index (χ2n) is 5.49. The normalized spacial score (nSPS) is 10.5. The van der Waals surface area contributed by atoms with Gasteiger partial charge in [-0.15, -0.1) is 0 Å². The molecule has 24 heavy (non-hydrogen) atoms. The molecular formula is C20H19FN2O. The molecule has 1 heterocycles. The van der Waals surface area contributed by atoms with Crippen LogP contribution in [0.1, 0.15) is 16.7 Å². The van der Waals surface area contributed by atoms with Gasteiger partial charge < -0.3 is 10.1 Å². The second-order valence-corrected chi connectivity index (χ2v) is 5.49.